The minimum Gasteiger partial charge on any atom is -0.423 e. The molecule has 0 spiro atoms. The normalized spacial score (nSPS) is 19.8. The van der Waals surface area contributed by atoms with Crippen molar-refractivity contribution < 1.29 is 13.9 Å². The second-order valence-corrected chi connectivity index (χ2v) is 7.59. The molecule has 4 rings (SSSR count). The fraction of sp³-hybridized carbons (Fsp3) is 0.450. The van der Waals surface area contributed by atoms with Crippen molar-refractivity contribution in [1.82, 2.24) is 9.80 Å². The van der Waals surface area contributed by atoms with Crippen LogP contribution in [-0.2, 0) is 9.53 Å². The molecule has 0 saturated carbocycles. The fourth-order valence-electron chi connectivity index (χ4n) is 3.71. The van der Waals surface area contributed by atoms with Gasteiger partial charge in [-0.05, 0) is 49.7 Å². The SMILES string of the molecule is Cc1cc(=O)oc2cc(NC(=S)N3CCN(C(=O)C4CCCO4)CC3)ccc12. The second-order valence-electron chi connectivity index (χ2n) is 7.20. The number of carbonyl (C=O) groups is 1. The number of nitrogens with one attached hydrogen (secondary N) is 1. The Morgan fingerprint density at radius 2 is 1.93 bits per heavy atom. The number of amides is 1. The van der Waals surface area contributed by atoms with E-state index in [1.165, 1.54) is 6.07 Å². The van der Waals surface area contributed by atoms with Crippen molar-refractivity contribution in [2.45, 2.75) is 25.9 Å². The van der Waals surface area contributed by atoms with Crippen molar-refractivity contribution in [1.29, 1.82) is 0 Å². The molecule has 1 aromatic carbocycles. The number of hydrogen-bond acceptors (Lipinski definition) is 5. The van der Waals surface area contributed by atoms with Gasteiger partial charge in [0.25, 0.3) is 5.91 Å². The van der Waals surface area contributed by atoms with Gasteiger partial charge in [0, 0.05) is 56.0 Å². The lowest BCUT2D eigenvalue weighted by Gasteiger charge is -2.37. The van der Waals surface area contributed by atoms with Crippen molar-refractivity contribution in [3.05, 3.63) is 40.2 Å². The van der Waals surface area contributed by atoms with E-state index in [0.717, 1.165) is 29.5 Å². The third-order valence-electron chi connectivity index (χ3n) is 5.29. The summed E-state index contributed by atoms with van der Waals surface area (Å²) in [4.78, 5) is 28.0. The van der Waals surface area contributed by atoms with Crippen LogP contribution in [0.1, 0.15) is 18.4 Å². The quantitative estimate of drug-likeness (QED) is 0.610. The van der Waals surface area contributed by atoms with Crippen LogP contribution >= 0.6 is 12.2 Å². The summed E-state index contributed by atoms with van der Waals surface area (Å²) in [6, 6.07) is 7.10. The highest BCUT2D eigenvalue weighted by atomic mass is 32.1. The van der Waals surface area contributed by atoms with Crippen LogP contribution in [0.25, 0.3) is 11.0 Å². The van der Waals surface area contributed by atoms with Gasteiger partial charge in [0.1, 0.15) is 11.7 Å². The van der Waals surface area contributed by atoms with Gasteiger partial charge < -0.3 is 24.3 Å². The molecule has 2 aromatic rings. The monoisotopic (exact) mass is 401 g/mol. The Kier molecular flexibility index (Phi) is 5.32. The van der Waals surface area contributed by atoms with Crippen molar-refractivity contribution in [3.8, 4) is 0 Å². The Balaban J connectivity index is 1.37. The van der Waals surface area contributed by atoms with Crippen LogP contribution in [-0.4, -0.2) is 59.7 Å². The number of piperazine rings is 1. The second kappa shape index (κ2) is 7.89. The first-order chi connectivity index (χ1) is 13.5. The van der Waals surface area contributed by atoms with E-state index in [1.807, 2.05) is 28.9 Å². The maximum absolute atomic E-state index is 12.4. The number of thiocarbonyl (C=S) groups is 1. The molecule has 7 nitrogen and oxygen atoms in total. The lowest BCUT2D eigenvalue weighted by atomic mass is 10.1. The Hall–Kier alpha value is -2.45. The average molecular weight is 401 g/mol. The van der Waals surface area contributed by atoms with Crippen LogP contribution in [0.4, 0.5) is 5.69 Å². The van der Waals surface area contributed by atoms with Gasteiger partial charge in [0.15, 0.2) is 5.11 Å². The van der Waals surface area contributed by atoms with E-state index in [0.29, 0.717) is 43.5 Å². The maximum Gasteiger partial charge on any atom is 0.336 e. The van der Waals surface area contributed by atoms with Crippen LogP contribution in [0.5, 0.6) is 0 Å². The molecule has 2 saturated heterocycles. The van der Waals surface area contributed by atoms with Gasteiger partial charge in [0.05, 0.1) is 0 Å². The molecule has 2 aliphatic heterocycles. The summed E-state index contributed by atoms with van der Waals surface area (Å²) in [5, 5.41) is 4.71. The molecule has 0 bridgehead atoms. The number of ether oxygens (including phenoxy) is 1. The third-order valence-corrected chi connectivity index (χ3v) is 5.65. The smallest absolute Gasteiger partial charge is 0.336 e. The number of anilines is 1. The van der Waals surface area contributed by atoms with Gasteiger partial charge in [-0.3, -0.25) is 4.79 Å². The molecule has 8 heteroatoms. The molecule has 148 valence electrons. The van der Waals surface area contributed by atoms with Gasteiger partial charge >= 0.3 is 5.63 Å². The lowest BCUT2D eigenvalue weighted by molar-refractivity contribution is -0.142. The summed E-state index contributed by atoms with van der Waals surface area (Å²) in [7, 11) is 0. The highest BCUT2D eigenvalue weighted by Gasteiger charge is 2.30. The van der Waals surface area contributed by atoms with Crippen molar-refractivity contribution >= 4 is 39.9 Å². The van der Waals surface area contributed by atoms with E-state index in [-0.39, 0.29) is 17.6 Å². The molecular formula is C20H23N3O4S. The summed E-state index contributed by atoms with van der Waals surface area (Å²) in [5.74, 6) is 0.0935. The lowest BCUT2D eigenvalue weighted by Crippen LogP contribution is -2.53. The van der Waals surface area contributed by atoms with Crippen LogP contribution in [0.3, 0.4) is 0 Å². The Morgan fingerprint density at radius 1 is 1.18 bits per heavy atom. The van der Waals surface area contributed by atoms with Crippen molar-refractivity contribution in [2.24, 2.45) is 0 Å². The number of fused-ring (bicyclic) bond motifs is 1. The standard InChI is InChI=1S/C20H23N3O4S/c1-13-11-18(24)27-17-12-14(4-5-15(13)17)21-20(28)23-8-6-22(7-9-23)19(25)16-3-2-10-26-16/h4-5,11-12,16H,2-3,6-10H2,1H3,(H,21,28). The third kappa shape index (κ3) is 3.88. The Morgan fingerprint density at radius 3 is 2.64 bits per heavy atom. The zero-order chi connectivity index (χ0) is 19.7. The molecule has 0 radical (unpaired) electrons. The van der Waals surface area contributed by atoms with E-state index in [1.54, 1.807) is 6.07 Å². The van der Waals surface area contributed by atoms with Crippen LogP contribution < -0.4 is 10.9 Å². The fourth-order valence-corrected chi connectivity index (χ4v) is 4.01. The van der Waals surface area contributed by atoms with Crippen LogP contribution in [0.15, 0.2) is 33.5 Å². The molecule has 1 amide bonds. The van der Waals surface area contributed by atoms with Crippen molar-refractivity contribution in [3.63, 3.8) is 0 Å². The average Bonchev–Trinajstić information content (AvgIpc) is 3.22. The molecule has 2 aliphatic rings. The topological polar surface area (TPSA) is 75.0 Å². The van der Waals surface area contributed by atoms with Gasteiger partial charge in [0.2, 0.25) is 0 Å². The molecule has 1 unspecified atom stereocenters. The summed E-state index contributed by atoms with van der Waals surface area (Å²) >= 11 is 5.54. The van der Waals surface area contributed by atoms with Gasteiger partial charge in [-0.15, -0.1) is 0 Å². The van der Waals surface area contributed by atoms with E-state index in [9.17, 15) is 9.59 Å². The first kappa shape index (κ1) is 18.9. The van der Waals surface area contributed by atoms with Crippen molar-refractivity contribution in [2.75, 3.05) is 38.1 Å². The first-order valence-corrected chi connectivity index (χ1v) is 9.93. The number of nitrogens with zero attached hydrogens (tertiary/aromatic N) is 2. The molecule has 0 aliphatic carbocycles. The van der Waals surface area contributed by atoms with E-state index >= 15 is 0 Å². The zero-order valence-corrected chi connectivity index (χ0v) is 16.6. The van der Waals surface area contributed by atoms with Crippen LogP contribution in [0.2, 0.25) is 0 Å². The van der Waals surface area contributed by atoms with E-state index < -0.39 is 0 Å². The summed E-state index contributed by atoms with van der Waals surface area (Å²) in [5.41, 5.74) is 1.82. The number of rotatable bonds is 2. The van der Waals surface area contributed by atoms with E-state index in [4.69, 9.17) is 21.4 Å². The molecule has 1 N–H and O–H groups in total. The number of hydrogen-bond donors (Lipinski definition) is 1. The predicted octanol–water partition coefficient (Wildman–Crippen LogP) is 2.12. The highest BCUT2D eigenvalue weighted by molar-refractivity contribution is 7.80. The Labute approximate surface area is 168 Å². The summed E-state index contributed by atoms with van der Waals surface area (Å²) < 4.78 is 10.8. The largest absolute Gasteiger partial charge is 0.423 e. The number of aryl methyl sites for hydroxylation is 1. The molecule has 1 atom stereocenters. The molecule has 1 aromatic heterocycles. The maximum atomic E-state index is 12.4. The first-order valence-electron chi connectivity index (χ1n) is 9.52. The number of benzene rings is 1. The predicted molar refractivity (Wildman–Crippen MR) is 111 cm³/mol. The van der Waals surface area contributed by atoms with Gasteiger partial charge in [-0.25, -0.2) is 4.79 Å². The van der Waals surface area contributed by atoms with E-state index in [2.05, 4.69) is 5.32 Å². The van der Waals surface area contributed by atoms with Crippen LogP contribution in [0, 0.1) is 6.92 Å². The summed E-state index contributed by atoms with van der Waals surface area (Å²) in [6.07, 6.45) is 1.50. The molecule has 28 heavy (non-hydrogen) atoms. The number of carbonyl (C=O) groups excluding carboxylic acids is 1. The van der Waals surface area contributed by atoms with Gasteiger partial charge in [-0.2, -0.15) is 0 Å². The Bertz CT molecular complexity index is 960. The molecular weight excluding hydrogens is 378 g/mol. The zero-order valence-electron chi connectivity index (χ0n) is 15.8. The molecule has 2 fully saturated rings. The summed E-state index contributed by atoms with van der Waals surface area (Å²) in [6.45, 7) is 5.17. The molecule has 3 heterocycles. The minimum absolute atomic E-state index is 0.0935. The van der Waals surface area contributed by atoms with Gasteiger partial charge in [-0.1, -0.05) is 0 Å². The highest BCUT2D eigenvalue weighted by Crippen LogP contribution is 2.21. The minimum atomic E-state index is -0.364.